The van der Waals surface area contributed by atoms with Crippen LogP contribution < -0.4 is 4.72 Å². The monoisotopic (exact) mass is 277 g/mol. The maximum absolute atomic E-state index is 12.1. The number of benzene rings is 2. The van der Waals surface area contributed by atoms with Crippen LogP contribution in [-0.2, 0) is 10.0 Å². The molecule has 0 spiro atoms. The molecule has 5 heteroatoms. The Morgan fingerprint density at radius 3 is 2.00 bits per heavy atom. The van der Waals surface area contributed by atoms with E-state index in [1.807, 2.05) is 19.9 Å². The van der Waals surface area contributed by atoms with Crippen molar-refractivity contribution in [2.75, 3.05) is 4.72 Å². The first-order valence-corrected chi connectivity index (χ1v) is 7.25. The van der Waals surface area contributed by atoms with E-state index in [9.17, 15) is 8.42 Å². The molecule has 0 amide bonds. The van der Waals surface area contributed by atoms with Crippen LogP contribution in [-0.4, -0.2) is 13.5 Å². The number of hydrogen-bond donors (Lipinski definition) is 2. The van der Waals surface area contributed by atoms with Crippen LogP contribution >= 0.6 is 0 Å². The van der Waals surface area contributed by atoms with Crippen LogP contribution in [0.15, 0.2) is 47.4 Å². The third kappa shape index (κ3) is 3.26. The van der Waals surface area contributed by atoms with Crippen molar-refractivity contribution in [1.29, 1.82) is 0 Å². The Morgan fingerprint density at radius 2 is 1.47 bits per heavy atom. The van der Waals surface area contributed by atoms with E-state index in [0.717, 1.165) is 11.1 Å². The minimum Gasteiger partial charge on any atom is -0.508 e. The Bertz CT molecular complexity index is 671. The molecule has 19 heavy (non-hydrogen) atoms. The Morgan fingerprint density at radius 1 is 0.947 bits per heavy atom. The lowest BCUT2D eigenvalue weighted by Crippen LogP contribution is -2.12. The molecule has 4 nitrogen and oxygen atoms in total. The van der Waals surface area contributed by atoms with Crippen LogP contribution in [0, 0.1) is 13.8 Å². The summed E-state index contributed by atoms with van der Waals surface area (Å²) in [4.78, 5) is 0.115. The van der Waals surface area contributed by atoms with E-state index in [-0.39, 0.29) is 10.6 Å². The second kappa shape index (κ2) is 4.93. The molecule has 2 N–H and O–H groups in total. The lowest BCUT2D eigenvalue weighted by Gasteiger charge is -2.09. The number of aromatic hydroxyl groups is 1. The summed E-state index contributed by atoms with van der Waals surface area (Å²) >= 11 is 0. The molecule has 100 valence electrons. The van der Waals surface area contributed by atoms with Crippen LogP contribution in [0.5, 0.6) is 5.75 Å². The molecule has 0 aromatic heterocycles. The van der Waals surface area contributed by atoms with Crippen molar-refractivity contribution in [3.05, 3.63) is 53.6 Å². The summed E-state index contributed by atoms with van der Waals surface area (Å²) in [6, 6.07) is 10.9. The summed E-state index contributed by atoms with van der Waals surface area (Å²) in [5.74, 6) is 0.0327. The van der Waals surface area contributed by atoms with Crippen LogP contribution in [0.2, 0.25) is 0 Å². The predicted molar refractivity (Wildman–Crippen MR) is 74.8 cm³/mol. The van der Waals surface area contributed by atoms with Gasteiger partial charge >= 0.3 is 0 Å². The van der Waals surface area contributed by atoms with E-state index in [2.05, 4.69) is 4.72 Å². The summed E-state index contributed by atoms with van der Waals surface area (Å²) in [5.41, 5.74) is 2.51. The summed E-state index contributed by atoms with van der Waals surface area (Å²) in [6.45, 7) is 3.82. The van der Waals surface area contributed by atoms with Crippen molar-refractivity contribution in [3.63, 3.8) is 0 Å². The molecule has 0 fully saturated rings. The molecule has 0 aliphatic heterocycles. The van der Waals surface area contributed by atoms with E-state index >= 15 is 0 Å². The summed E-state index contributed by atoms with van der Waals surface area (Å²) in [6.07, 6.45) is 0. The normalized spacial score (nSPS) is 11.3. The van der Waals surface area contributed by atoms with Gasteiger partial charge in [-0.3, -0.25) is 4.72 Å². The molecule has 2 rings (SSSR count). The molecule has 2 aromatic rings. The van der Waals surface area contributed by atoms with Crippen molar-refractivity contribution < 1.29 is 13.5 Å². The molecule has 0 saturated carbocycles. The molecule has 0 heterocycles. The van der Waals surface area contributed by atoms with Gasteiger partial charge in [0.05, 0.1) is 4.90 Å². The lowest BCUT2D eigenvalue weighted by atomic mass is 10.1. The summed E-state index contributed by atoms with van der Waals surface area (Å²) in [5, 5.41) is 9.17. The number of nitrogens with one attached hydrogen (secondary N) is 1. The van der Waals surface area contributed by atoms with E-state index in [1.54, 1.807) is 12.1 Å². The van der Waals surface area contributed by atoms with Gasteiger partial charge in [-0.05, 0) is 61.4 Å². The van der Waals surface area contributed by atoms with Gasteiger partial charge in [0.25, 0.3) is 10.0 Å². The topological polar surface area (TPSA) is 66.4 Å². The maximum atomic E-state index is 12.1. The maximum Gasteiger partial charge on any atom is 0.261 e. The van der Waals surface area contributed by atoms with Gasteiger partial charge in [0.1, 0.15) is 5.75 Å². The van der Waals surface area contributed by atoms with Gasteiger partial charge in [-0.25, -0.2) is 8.42 Å². The fraction of sp³-hybridized carbons (Fsp3) is 0.143. The van der Waals surface area contributed by atoms with Gasteiger partial charge in [-0.2, -0.15) is 0 Å². The van der Waals surface area contributed by atoms with E-state index in [4.69, 9.17) is 5.11 Å². The Hall–Kier alpha value is -2.01. The molecular weight excluding hydrogens is 262 g/mol. The molecular formula is C14H15NO3S. The number of sulfonamides is 1. The Labute approximate surface area is 112 Å². The van der Waals surface area contributed by atoms with Gasteiger partial charge < -0.3 is 5.11 Å². The van der Waals surface area contributed by atoms with Gasteiger partial charge in [0.15, 0.2) is 0 Å². The zero-order valence-corrected chi connectivity index (χ0v) is 11.5. The third-order valence-electron chi connectivity index (χ3n) is 2.62. The van der Waals surface area contributed by atoms with Crippen LogP contribution in [0.4, 0.5) is 5.69 Å². The standard InChI is InChI=1S/C14H15NO3S/c1-10-7-11(2)9-12(8-10)15-19(17,18)14-5-3-13(16)4-6-14/h3-9,15-16H,1-2H3. The summed E-state index contributed by atoms with van der Waals surface area (Å²) < 4.78 is 26.8. The molecule has 2 aromatic carbocycles. The van der Waals surface area contributed by atoms with Crippen molar-refractivity contribution in [1.82, 2.24) is 0 Å². The third-order valence-corrected chi connectivity index (χ3v) is 4.02. The van der Waals surface area contributed by atoms with Crippen LogP contribution in [0.3, 0.4) is 0 Å². The zero-order chi connectivity index (χ0) is 14.0. The van der Waals surface area contributed by atoms with Gasteiger partial charge in [-0.1, -0.05) is 6.07 Å². The van der Waals surface area contributed by atoms with E-state index < -0.39 is 10.0 Å². The highest BCUT2D eigenvalue weighted by Crippen LogP contribution is 2.20. The molecule has 0 radical (unpaired) electrons. The SMILES string of the molecule is Cc1cc(C)cc(NS(=O)(=O)c2ccc(O)cc2)c1. The number of rotatable bonds is 3. The van der Waals surface area contributed by atoms with Gasteiger partial charge in [-0.15, -0.1) is 0 Å². The van der Waals surface area contributed by atoms with Crippen LogP contribution in [0.1, 0.15) is 11.1 Å². The minimum absolute atomic E-state index is 0.0327. The number of anilines is 1. The van der Waals surface area contributed by atoms with Gasteiger partial charge in [0.2, 0.25) is 0 Å². The minimum atomic E-state index is -3.62. The van der Waals surface area contributed by atoms with E-state index in [1.165, 1.54) is 24.3 Å². The molecule has 0 aliphatic carbocycles. The highest BCUT2D eigenvalue weighted by Gasteiger charge is 2.14. The number of hydrogen-bond acceptors (Lipinski definition) is 3. The molecule has 0 unspecified atom stereocenters. The largest absolute Gasteiger partial charge is 0.508 e. The fourth-order valence-electron chi connectivity index (χ4n) is 1.87. The average Bonchev–Trinajstić information content (AvgIpc) is 2.27. The van der Waals surface area contributed by atoms with Crippen molar-refractivity contribution in [3.8, 4) is 5.75 Å². The van der Waals surface area contributed by atoms with Crippen LogP contribution in [0.25, 0.3) is 0 Å². The first kappa shape index (κ1) is 13.4. The first-order valence-electron chi connectivity index (χ1n) is 5.77. The average molecular weight is 277 g/mol. The second-order valence-corrected chi connectivity index (χ2v) is 6.16. The quantitative estimate of drug-likeness (QED) is 0.906. The number of aryl methyl sites for hydroxylation is 2. The highest BCUT2D eigenvalue weighted by molar-refractivity contribution is 7.92. The second-order valence-electron chi connectivity index (χ2n) is 4.48. The highest BCUT2D eigenvalue weighted by atomic mass is 32.2. The molecule has 0 aliphatic rings. The molecule has 0 saturated heterocycles. The smallest absolute Gasteiger partial charge is 0.261 e. The lowest BCUT2D eigenvalue weighted by molar-refractivity contribution is 0.475. The van der Waals surface area contributed by atoms with Crippen molar-refractivity contribution >= 4 is 15.7 Å². The molecule has 0 bridgehead atoms. The van der Waals surface area contributed by atoms with Crippen molar-refractivity contribution in [2.24, 2.45) is 0 Å². The predicted octanol–water partition coefficient (Wildman–Crippen LogP) is 2.81. The van der Waals surface area contributed by atoms with Crippen molar-refractivity contribution in [2.45, 2.75) is 18.7 Å². The fourth-order valence-corrected chi connectivity index (χ4v) is 2.91. The molecule has 0 atom stereocenters. The number of phenolic OH excluding ortho intramolecular Hbond substituents is 1. The zero-order valence-electron chi connectivity index (χ0n) is 10.7. The Balaban J connectivity index is 2.33. The number of phenols is 1. The van der Waals surface area contributed by atoms with E-state index in [0.29, 0.717) is 5.69 Å². The Kier molecular flexibility index (Phi) is 3.48. The summed E-state index contributed by atoms with van der Waals surface area (Å²) in [7, 11) is -3.62. The first-order chi connectivity index (χ1) is 8.87. The van der Waals surface area contributed by atoms with Gasteiger partial charge in [0, 0.05) is 5.69 Å².